The molecule has 0 heterocycles. The Kier molecular flexibility index (Phi) is 4.79. The highest BCUT2D eigenvalue weighted by molar-refractivity contribution is 4.73. The minimum absolute atomic E-state index is 0.649. The lowest BCUT2D eigenvalue weighted by Gasteiger charge is -2.19. The summed E-state index contributed by atoms with van der Waals surface area (Å²) in [6.07, 6.45) is 7.30. The van der Waals surface area contributed by atoms with E-state index in [1.54, 1.807) is 0 Å². The van der Waals surface area contributed by atoms with E-state index < -0.39 is 0 Å². The van der Waals surface area contributed by atoms with Crippen molar-refractivity contribution in [3.63, 3.8) is 0 Å². The summed E-state index contributed by atoms with van der Waals surface area (Å²) in [7, 11) is 0. The van der Waals surface area contributed by atoms with Gasteiger partial charge in [0.1, 0.15) is 0 Å². The zero-order valence-electron chi connectivity index (χ0n) is 9.47. The van der Waals surface area contributed by atoms with Crippen LogP contribution < -0.4 is 5.32 Å². The molecular weight excluding hydrogens is 158 g/mol. The lowest BCUT2D eigenvalue weighted by atomic mass is 9.90. The molecule has 1 nitrogen and oxygen atoms in total. The fraction of sp³-hybridized carbons (Fsp3) is 1.00. The second kappa shape index (κ2) is 5.64. The van der Waals surface area contributed by atoms with Crippen LogP contribution >= 0.6 is 0 Å². The molecule has 13 heavy (non-hydrogen) atoms. The fourth-order valence-corrected chi connectivity index (χ4v) is 2.36. The van der Waals surface area contributed by atoms with Crippen molar-refractivity contribution in [2.24, 2.45) is 11.8 Å². The Labute approximate surface area is 83.3 Å². The highest BCUT2D eigenvalue weighted by Crippen LogP contribution is 2.32. The van der Waals surface area contributed by atoms with Crippen LogP contribution in [0, 0.1) is 11.8 Å². The van der Waals surface area contributed by atoms with Crippen molar-refractivity contribution in [3.8, 4) is 0 Å². The lowest BCUT2D eigenvalue weighted by Crippen LogP contribution is -2.26. The normalized spacial score (nSPS) is 21.2. The van der Waals surface area contributed by atoms with Crippen molar-refractivity contribution in [1.29, 1.82) is 0 Å². The summed E-state index contributed by atoms with van der Waals surface area (Å²) < 4.78 is 0. The average Bonchev–Trinajstić information content (AvgIpc) is 2.55. The Balaban J connectivity index is 2.06. The van der Waals surface area contributed by atoms with Gasteiger partial charge in [-0.1, -0.05) is 46.5 Å². The van der Waals surface area contributed by atoms with E-state index in [-0.39, 0.29) is 0 Å². The van der Waals surface area contributed by atoms with E-state index in [0.717, 1.165) is 11.8 Å². The van der Waals surface area contributed by atoms with E-state index in [0.29, 0.717) is 6.04 Å². The summed E-state index contributed by atoms with van der Waals surface area (Å²) in [5.74, 6) is 1.97. The first-order valence-corrected chi connectivity index (χ1v) is 5.93. The van der Waals surface area contributed by atoms with E-state index in [9.17, 15) is 0 Å². The van der Waals surface area contributed by atoms with Gasteiger partial charge in [-0.2, -0.15) is 0 Å². The van der Waals surface area contributed by atoms with Gasteiger partial charge >= 0.3 is 0 Å². The molecule has 78 valence electrons. The summed E-state index contributed by atoms with van der Waals surface area (Å²) in [6.45, 7) is 8.08. The lowest BCUT2D eigenvalue weighted by molar-refractivity contribution is 0.336. The van der Waals surface area contributed by atoms with Crippen LogP contribution in [0.3, 0.4) is 0 Å². The third kappa shape index (κ3) is 4.12. The third-order valence-electron chi connectivity index (χ3n) is 3.36. The van der Waals surface area contributed by atoms with E-state index in [2.05, 4.69) is 26.1 Å². The maximum absolute atomic E-state index is 3.50. The molecule has 0 bridgehead atoms. The Morgan fingerprint density at radius 2 is 1.77 bits per heavy atom. The van der Waals surface area contributed by atoms with Crippen LogP contribution in [0.1, 0.15) is 52.9 Å². The first kappa shape index (κ1) is 11.0. The minimum Gasteiger partial charge on any atom is -0.315 e. The quantitative estimate of drug-likeness (QED) is 0.690. The van der Waals surface area contributed by atoms with Crippen LogP contribution in [0.5, 0.6) is 0 Å². The molecule has 1 saturated carbocycles. The molecule has 0 aromatic heterocycles. The summed E-state index contributed by atoms with van der Waals surface area (Å²) in [4.78, 5) is 0. The molecule has 0 spiro atoms. The highest BCUT2D eigenvalue weighted by Gasteiger charge is 2.20. The maximum atomic E-state index is 3.50. The molecule has 1 rings (SSSR count). The monoisotopic (exact) mass is 183 g/mol. The second-order valence-electron chi connectivity index (χ2n) is 4.92. The number of nitrogens with one attached hydrogen (secondary N) is 1. The largest absolute Gasteiger partial charge is 0.315 e. The van der Waals surface area contributed by atoms with Gasteiger partial charge in [-0.3, -0.25) is 0 Å². The number of rotatable bonds is 5. The van der Waals surface area contributed by atoms with Crippen LogP contribution in [-0.4, -0.2) is 12.6 Å². The SMILES string of the molecule is CC(C)NCCC(C)C1CCCC1. The molecule has 1 atom stereocenters. The maximum Gasteiger partial charge on any atom is 0.00103 e. The van der Waals surface area contributed by atoms with Crippen LogP contribution in [0.4, 0.5) is 0 Å². The van der Waals surface area contributed by atoms with Crippen molar-refractivity contribution in [2.45, 2.75) is 58.9 Å². The summed E-state index contributed by atoms with van der Waals surface area (Å²) in [6, 6.07) is 0.649. The standard InChI is InChI=1S/C12H25N/c1-10(2)13-9-8-11(3)12-6-4-5-7-12/h10-13H,4-9H2,1-3H3. The van der Waals surface area contributed by atoms with E-state index in [4.69, 9.17) is 0 Å². The van der Waals surface area contributed by atoms with Crippen molar-refractivity contribution in [3.05, 3.63) is 0 Å². The predicted octanol–water partition coefficient (Wildman–Crippen LogP) is 3.20. The Morgan fingerprint density at radius 3 is 2.31 bits per heavy atom. The first-order valence-electron chi connectivity index (χ1n) is 5.93. The molecular formula is C12H25N. The van der Waals surface area contributed by atoms with Crippen LogP contribution in [-0.2, 0) is 0 Å². The van der Waals surface area contributed by atoms with E-state index in [1.165, 1.54) is 38.6 Å². The van der Waals surface area contributed by atoms with E-state index in [1.807, 2.05) is 0 Å². The highest BCUT2D eigenvalue weighted by atomic mass is 14.9. The number of hydrogen-bond acceptors (Lipinski definition) is 1. The van der Waals surface area contributed by atoms with Crippen molar-refractivity contribution < 1.29 is 0 Å². The van der Waals surface area contributed by atoms with Crippen molar-refractivity contribution in [1.82, 2.24) is 5.32 Å². The minimum atomic E-state index is 0.649. The molecule has 1 unspecified atom stereocenters. The fourth-order valence-electron chi connectivity index (χ4n) is 2.36. The molecule has 0 aliphatic heterocycles. The summed E-state index contributed by atoms with van der Waals surface area (Å²) in [5.41, 5.74) is 0. The number of hydrogen-bond donors (Lipinski definition) is 1. The van der Waals surface area contributed by atoms with Gasteiger partial charge in [-0.05, 0) is 24.8 Å². The summed E-state index contributed by atoms with van der Waals surface area (Å²) >= 11 is 0. The van der Waals surface area contributed by atoms with Gasteiger partial charge < -0.3 is 5.32 Å². The topological polar surface area (TPSA) is 12.0 Å². The first-order chi connectivity index (χ1) is 6.20. The second-order valence-corrected chi connectivity index (χ2v) is 4.92. The Hall–Kier alpha value is -0.0400. The van der Waals surface area contributed by atoms with Gasteiger partial charge in [0.25, 0.3) is 0 Å². The summed E-state index contributed by atoms with van der Waals surface area (Å²) in [5, 5.41) is 3.50. The zero-order valence-corrected chi connectivity index (χ0v) is 9.47. The molecule has 0 radical (unpaired) electrons. The van der Waals surface area contributed by atoms with Gasteiger partial charge in [0, 0.05) is 6.04 Å². The van der Waals surface area contributed by atoms with Crippen LogP contribution in [0.15, 0.2) is 0 Å². The van der Waals surface area contributed by atoms with E-state index >= 15 is 0 Å². The molecule has 0 aromatic rings. The van der Waals surface area contributed by atoms with Gasteiger partial charge in [-0.25, -0.2) is 0 Å². The average molecular weight is 183 g/mol. The molecule has 0 saturated heterocycles. The van der Waals surface area contributed by atoms with Crippen molar-refractivity contribution >= 4 is 0 Å². The van der Waals surface area contributed by atoms with Gasteiger partial charge in [-0.15, -0.1) is 0 Å². The molecule has 1 heteroatoms. The van der Waals surface area contributed by atoms with Gasteiger partial charge in [0.2, 0.25) is 0 Å². The zero-order chi connectivity index (χ0) is 9.68. The van der Waals surface area contributed by atoms with Crippen LogP contribution in [0.25, 0.3) is 0 Å². The molecule has 1 fully saturated rings. The molecule has 1 N–H and O–H groups in total. The molecule has 1 aliphatic carbocycles. The predicted molar refractivity (Wildman–Crippen MR) is 58.9 cm³/mol. The van der Waals surface area contributed by atoms with Crippen LogP contribution in [0.2, 0.25) is 0 Å². The third-order valence-corrected chi connectivity index (χ3v) is 3.36. The Morgan fingerprint density at radius 1 is 1.15 bits per heavy atom. The smallest absolute Gasteiger partial charge is 0.00103 e. The van der Waals surface area contributed by atoms with Crippen molar-refractivity contribution in [2.75, 3.05) is 6.54 Å². The molecule has 1 aliphatic rings. The molecule has 0 amide bonds. The van der Waals surface area contributed by atoms with Gasteiger partial charge in [0.05, 0.1) is 0 Å². The molecule has 0 aromatic carbocycles. The van der Waals surface area contributed by atoms with Gasteiger partial charge in [0.15, 0.2) is 0 Å². The Bertz CT molecular complexity index is 125.